The lowest BCUT2D eigenvalue weighted by molar-refractivity contribution is -0.134. The maximum Gasteiger partial charge on any atom is 0.223 e. The zero-order valence-corrected chi connectivity index (χ0v) is 15.4. The third-order valence-corrected chi connectivity index (χ3v) is 6.37. The van der Waals surface area contributed by atoms with E-state index < -0.39 is 0 Å². The zero-order valence-electron chi connectivity index (χ0n) is 14.6. The molecule has 0 radical (unpaired) electrons. The number of nitrogens with zero attached hydrogens (tertiary/aromatic N) is 2. The van der Waals surface area contributed by atoms with Crippen molar-refractivity contribution >= 4 is 23.2 Å². The van der Waals surface area contributed by atoms with E-state index in [2.05, 4.69) is 28.6 Å². The van der Waals surface area contributed by atoms with Gasteiger partial charge in [0.15, 0.2) is 0 Å². The van der Waals surface area contributed by atoms with Gasteiger partial charge in [-0.1, -0.05) is 0 Å². The molecule has 0 spiro atoms. The summed E-state index contributed by atoms with van der Waals surface area (Å²) in [5.74, 6) is 0.316. The van der Waals surface area contributed by atoms with Crippen molar-refractivity contribution in [3.8, 4) is 0 Å². The van der Waals surface area contributed by atoms with E-state index in [1.165, 1.54) is 10.4 Å². The van der Waals surface area contributed by atoms with E-state index >= 15 is 0 Å². The number of thiophene rings is 1. The monoisotopic (exact) mass is 349 g/mol. The van der Waals surface area contributed by atoms with Crippen LogP contribution in [0, 0.1) is 5.92 Å². The van der Waals surface area contributed by atoms with Crippen LogP contribution in [0.4, 0.5) is 0 Å². The van der Waals surface area contributed by atoms with Gasteiger partial charge in [0.25, 0.3) is 0 Å². The number of likely N-dealkylation sites (tertiary alicyclic amines) is 1. The molecule has 1 N–H and O–H groups in total. The lowest BCUT2D eigenvalue weighted by Crippen LogP contribution is -2.47. The summed E-state index contributed by atoms with van der Waals surface area (Å²) in [5, 5.41) is 5.30. The Labute approximate surface area is 148 Å². The standard InChI is InChI=1S/C18H27N3O2S/c1-13(21-9-5-17-16(12-21)6-10-24-17)11-19-18(23)15-3-7-20(8-4-15)14(2)22/h6,10,13,15H,3-5,7-9,11-12H2,1-2H3,(H,19,23). The van der Waals surface area contributed by atoms with E-state index in [-0.39, 0.29) is 17.7 Å². The van der Waals surface area contributed by atoms with E-state index in [1.54, 1.807) is 6.92 Å². The van der Waals surface area contributed by atoms with E-state index in [0.717, 1.165) is 32.4 Å². The summed E-state index contributed by atoms with van der Waals surface area (Å²) in [6, 6.07) is 2.57. The molecule has 5 nitrogen and oxygen atoms in total. The van der Waals surface area contributed by atoms with E-state index in [9.17, 15) is 9.59 Å². The van der Waals surface area contributed by atoms with Crippen molar-refractivity contribution < 1.29 is 9.59 Å². The highest BCUT2D eigenvalue weighted by Gasteiger charge is 2.27. The topological polar surface area (TPSA) is 52.7 Å². The van der Waals surface area contributed by atoms with Gasteiger partial charge in [-0.05, 0) is 43.2 Å². The average molecular weight is 350 g/mol. The SMILES string of the molecule is CC(=O)N1CCC(C(=O)NCC(C)N2CCc3sccc3C2)CC1. The molecule has 0 aromatic carbocycles. The van der Waals surface area contributed by atoms with Gasteiger partial charge in [-0.25, -0.2) is 0 Å². The minimum Gasteiger partial charge on any atom is -0.354 e. The summed E-state index contributed by atoms with van der Waals surface area (Å²) in [6.45, 7) is 7.96. The molecule has 1 atom stereocenters. The van der Waals surface area contributed by atoms with E-state index in [4.69, 9.17) is 0 Å². The summed E-state index contributed by atoms with van der Waals surface area (Å²) in [4.78, 5) is 29.5. The lowest BCUT2D eigenvalue weighted by atomic mass is 9.96. The Morgan fingerprint density at radius 1 is 1.33 bits per heavy atom. The van der Waals surface area contributed by atoms with Crippen LogP contribution in [0.25, 0.3) is 0 Å². The normalized spacial score (nSPS) is 20.5. The molecule has 6 heteroatoms. The molecule has 0 bridgehead atoms. The molecule has 24 heavy (non-hydrogen) atoms. The fraction of sp³-hybridized carbons (Fsp3) is 0.667. The van der Waals surface area contributed by atoms with Crippen LogP contribution in [0.3, 0.4) is 0 Å². The first kappa shape index (κ1) is 17.4. The maximum absolute atomic E-state index is 12.4. The van der Waals surface area contributed by atoms with Crippen molar-refractivity contribution in [2.75, 3.05) is 26.2 Å². The number of carbonyl (C=O) groups is 2. The summed E-state index contributed by atoms with van der Waals surface area (Å²) < 4.78 is 0. The van der Waals surface area contributed by atoms with Crippen molar-refractivity contribution in [3.63, 3.8) is 0 Å². The first-order valence-corrected chi connectivity index (χ1v) is 9.75. The minimum absolute atomic E-state index is 0.0534. The molecule has 2 aliphatic rings. The Morgan fingerprint density at radius 2 is 2.08 bits per heavy atom. The van der Waals surface area contributed by atoms with Crippen molar-refractivity contribution in [2.24, 2.45) is 5.92 Å². The second-order valence-electron chi connectivity index (χ2n) is 6.96. The van der Waals surface area contributed by atoms with Crippen molar-refractivity contribution in [1.82, 2.24) is 15.1 Å². The number of hydrogen-bond donors (Lipinski definition) is 1. The van der Waals surface area contributed by atoms with Crippen LogP contribution in [0.1, 0.15) is 37.1 Å². The maximum atomic E-state index is 12.4. The largest absolute Gasteiger partial charge is 0.354 e. The highest BCUT2D eigenvalue weighted by Crippen LogP contribution is 2.25. The number of rotatable bonds is 4. The quantitative estimate of drug-likeness (QED) is 0.903. The van der Waals surface area contributed by atoms with Gasteiger partial charge in [0.05, 0.1) is 0 Å². The van der Waals surface area contributed by atoms with Crippen LogP contribution >= 0.6 is 11.3 Å². The predicted octanol–water partition coefficient (Wildman–Crippen LogP) is 1.87. The molecular weight excluding hydrogens is 322 g/mol. The van der Waals surface area contributed by atoms with Crippen LogP contribution in [0.15, 0.2) is 11.4 Å². The Hall–Kier alpha value is -1.40. The number of amides is 2. The van der Waals surface area contributed by atoms with Crippen molar-refractivity contribution in [2.45, 2.75) is 45.7 Å². The molecule has 2 amide bonds. The van der Waals surface area contributed by atoms with Gasteiger partial charge in [0, 0.05) is 56.5 Å². The van der Waals surface area contributed by atoms with Gasteiger partial charge < -0.3 is 10.2 Å². The van der Waals surface area contributed by atoms with Crippen LogP contribution in [-0.2, 0) is 22.6 Å². The lowest BCUT2D eigenvalue weighted by Gasteiger charge is -2.34. The first-order valence-electron chi connectivity index (χ1n) is 8.87. The Kier molecular flexibility index (Phi) is 5.56. The van der Waals surface area contributed by atoms with Crippen LogP contribution < -0.4 is 5.32 Å². The second-order valence-corrected chi connectivity index (χ2v) is 7.96. The molecule has 3 heterocycles. The van der Waals surface area contributed by atoms with Crippen LogP contribution in [0.2, 0.25) is 0 Å². The molecule has 1 unspecified atom stereocenters. The Bertz CT molecular complexity index is 593. The molecule has 3 rings (SSSR count). The molecule has 1 aromatic rings. The predicted molar refractivity (Wildman–Crippen MR) is 95.9 cm³/mol. The van der Waals surface area contributed by atoms with Gasteiger partial charge >= 0.3 is 0 Å². The number of fused-ring (bicyclic) bond motifs is 1. The summed E-state index contributed by atoms with van der Waals surface area (Å²) in [6.07, 6.45) is 2.68. The van der Waals surface area contributed by atoms with Gasteiger partial charge in [0.2, 0.25) is 11.8 Å². The third kappa shape index (κ3) is 3.98. The molecule has 132 valence electrons. The highest BCUT2D eigenvalue weighted by atomic mass is 32.1. The fourth-order valence-corrected chi connectivity index (χ4v) is 4.51. The van der Waals surface area contributed by atoms with Gasteiger partial charge in [-0.15, -0.1) is 11.3 Å². The first-order chi connectivity index (χ1) is 11.5. The van der Waals surface area contributed by atoms with E-state index in [1.807, 2.05) is 16.2 Å². The summed E-state index contributed by atoms with van der Waals surface area (Å²) in [5.41, 5.74) is 1.45. The molecule has 1 aromatic heterocycles. The number of hydrogen-bond acceptors (Lipinski definition) is 4. The van der Waals surface area contributed by atoms with Crippen molar-refractivity contribution in [1.29, 1.82) is 0 Å². The summed E-state index contributed by atoms with van der Waals surface area (Å²) in [7, 11) is 0. The Balaban J connectivity index is 1.42. The molecule has 1 fully saturated rings. The molecule has 0 aliphatic carbocycles. The van der Waals surface area contributed by atoms with Crippen LogP contribution in [0.5, 0.6) is 0 Å². The smallest absolute Gasteiger partial charge is 0.223 e. The third-order valence-electron chi connectivity index (χ3n) is 5.34. The van der Waals surface area contributed by atoms with Gasteiger partial charge in [-0.3, -0.25) is 14.5 Å². The second kappa shape index (κ2) is 7.66. The summed E-state index contributed by atoms with van der Waals surface area (Å²) >= 11 is 1.85. The molecular formula is C18H27N3O2S. The molecule has 2 aliphatic heterocycles. The molecule has 0 saturated carbocycles. The van der Waals surface area contributed by atoms with Crippen molar-refractivity contribution in [3.05, 3.63) is 21.9 Å². The number of piperidine rings is 1. The Morgan fingerprint density at radius 3 is 2.79 bits per heavy atom. The fourth-order valence-electron chi connectivity index (χ4n) is 3.62. The highest BCUT2D eigenvalue weighted by molar-refractivity contribution is 7.10. The average Bonchev–Trinajstić information content (AvgIpc) is 3.07. The zero-order chi connectivity index (χ0) is 17.1. The minimum atomic E-state index is 0.0534. The number of nitrogens with one attached hydrogen (secondary N) is 1. The number of carbonyl (C=O) groups excluding carboxylic acids is 2. The molecule has 1 saturated heterocycles. The van der Waals surface area contributed by atoms with Gasteiger partial charge in [0.1, 0.15) is 0 Å². The van der Waals surface area contributed by atoms with Gasteiger partial charge in [-0.2, -0.15) is 0 Å². The van der Waals surface area contributed by atoms with Crippen LogP contribution in [-0.4, -0.2) is 53.8 Å². The van der Waals surface area contributed by atoms with E-state index in [0.29, 0.717) is 25.7 Å².